The molecule has 1 fully saturated rings. The number of halogens is 1. The molecule has 0 bridgehead atoms. The maximum absolute atomic E-state index is 11.9. The molecule has 0 saturated heterocycles. The van der Waals surface area contributed by atoms with Gasteiger partial charge in [0.2, 0.25) is 5.91 Å². The Morgan fingerprint density at radius 3 is 2.56 bits per heavy atom. The second kappa shape index (κ2) is 8.20. The Bertz CT molecular complexity index is 210. The molecule has 96 valence electrons. The summed E-state index contributed by atoms with van der Waals surface area (Å²) in [5.41, 5.74) is 5.87. The number of rotatable bonds is 5. The summed E-state index contributed by atoms with van der Waals surface area (Å²) in [6, 6.07) is 0.140. The van der Waals surface area contributed by atoms with Gasteiger partial charge in [0.25, 0.3) is 0 Å². The number of carbonyl (C=O) groups excluding carboxylic acids is 1. The Hall–Kier alpha value is 0.0700. The summed E-state index contributed by atoms with van der Waals surface area (Å²) in [5.74, 6) is 1.08. The predicted molar refractivity (Wildman–Crippen MR) is 73.2 cm³/mol. The summed E-state index contributed by atoms with van der Waals surface area (Å²) in [4.78, 5) is 13.8. The summed E-state index contributed by atoms with van der Waals surface area (Å²) in [5, 5.41) is 0. The lowest BCUT2D eigenvalue weighted by Crippen LogP contribution is -2.45. The van der Waals surface area contributed by atoms with Crippen molar-refractivity contribution in [2.75, 3.05) is 19.1 Å². The fraction of sp³-hybridized carbons (Fsp3) is 0.909. The summed E-state index contributed by atoms with van der Waals surface area (Å²) in [7, 11) is 1.90. The van der Waals surface area contributed by atoms with E-state index in [1.54, 1.807) is 11.8 Å². The SMILES string of the molecule is CSCC[C@H](N)C(=O)N(C)C1CCCC1.Cl. The third-order valence-electron chi connectivity index (χ3n) is 3.17. The quantitative estimate of drug-likeness (QED) is 0.827. The Morgan fingerprint density at radius 2 is 2.06 bits per heavy atom. The topological polar surface area (TPSA) is 46.3 Å². The average Bonchev–Trinajstić information content (AvgIpc) is 2.77. The van der Waals surface area contributed by atoms with Crippen molar-refractivity contribution < 1.29 is 4.79 Å². The minimum absolute atomic E-state index is 0. The highest BCUT2D eigenvalue weighted by Gasteiger charge is 2.26. The maximum Gasteiger partial charge on any atom is 0.239 e. The molecular weight excluding hydrogens is 244 g/mol. The molecule has 0 spiro atoms. The molecule has 1 saturated carbocycles. The van der Waals surface area contributed by atoms with E-state index in [1.165, 1.54) is 12.8 Å². The molecule has 1 atom stereocenters. The van der Waals surface area contributed by atoms with Gasteiger partial charge in [0.05, 0.1) is 6.04 Å². The molecule has 1 aliphatic carbocycles. The molecule has 2 N–H and O–H groups in total. The van der Waals surface area contributed by atoms with Gasteiger partial charge < -0.3 is 10.6 Å². The van der Waals surface area contributed by atoms with Crippen LogP contribution in [0.5, 0.6) is 0 Å². The van der Waals surface area contributed by atoms with Crippen molar-refractivity contribution in [3.8, 4) is 0 Å². The second-order valence-electron chi connectivity index (χ2n) is 4.28. The van der Waals surface area contributed by atoms with Gasteiger partial charge in [0.15, 0.2) is 0 Å². The molecule has 0 aliphatic heterocycles. The number of hydrogen-bond donors (Lipinski definition) is 1. The Labute approximate surface area is 109 Å². The summed E-state index contributed by atoms with van der Waals surface area (Å²) in [6.07, 6.45) is 7.63. The van der Waals surface area contributed by atoms with Crippen LogP contribution in [0, 0.1) is 0 Å². The minimum Gasteiger partial charge on any atom is -0.341 e. The number of thioether (sulfide) groups is 1. The zero-order valence-corrected chi connectivity index (χ0v) is 11.8. The molecule has 0 radical (unpaired) electrons. The van der Waals surface area contributed by atoms with Gasteiger partial charge in [-0.1, -0.05) is 12.8 Å². The van der Waals surface area contributed by atoms with Crippen molar-refractivity contribution in [1.29, 1.82) is 0 Å². The lowest BCUT2D eigenvalue weighted by Gasteiger charge is -2.27. The summed E-state index contributed by atoms with van der Waals surface area (Å²) < 4.78 is 0. The predicted octanol–water partition coefficient (Wildman–Crippen LogP) is 1.89. The van der Waals surface area contributed by atoms with E-state index in [-0.39, 0.29) is 24.4 Å². The monoisotopic (exact) mass is 266 g/mol. The van der Waals surface area contributed by atoms with Crippen LogP contribution in [0.3, 0.4) is 0 Å². The van der Waals surface area contributed by atoms with Crippen LogP contribution in [-0.4, -0.2) is 41.9 Å². The van der Waals surface area contributed by atoms with Crippen molar-refractivity contribution in [1.82, 2.24) is 4.90 Å². The second-order valence-corrected chi connectivity index (χ2v) is 5.26. The molecule has 0 aromatic rings. The molecular formula is C11H23ClN2OS. The lowest BCUT2D eigenvalue weighted by atomic mass is 10.1. The minimum atomic E-state index is -0.303. The van der Waals surface area contributed by atoms with Gasteiger partial charge in [-0.3, -0.25) is 4.79 Å². The standard InChI is InChI=1S/C11H22N2OS.ClH/c1-13(9-5-3-4-6-9)11(14)10(12)7-8-15-2;/h9-10H,3-8,12H2,1-2H3;1H/t10-;/m0./s1. The van der Waals surface area contributed by atoms with Crippen molar-refractivity contribution in [2.24, 2.45) is 5.73 Å². The number of hydrogen-bond acceptors (Lipinski definition) is 3. The zero-order chi connectivity index (χ0) is 11.3. The maximum atomic E-state index is 11.9. The van der Waals surface area contributed by atoms with Crippen LogP contribution in [0.4, 0.5) is 0 Å². The highest BCUT2D eigenvalue weighted by molar-refractivity contribution is 7.98. The molecule has 16 heavy (non-hydrogen) atoms. The van der Waals surface area contributed by atoms with Gasteiger partial charge in [-0.2, -0.15) is 11.8 Å². The van der Waals surface area contributed by atoms with Crippen LogP contribution >= 0.6 is 24.2 Å². The highest BCUT2D eigenvalue weighted by Crippen LogP contribution is 2.22. The van der Waals surface area contributed by atoms with Crippen LogP contribution in [0.15, 0.2) is 0 Å². The Balaban J connectivity index is 0.00000225. The summed E-state index contributed by atoms with van der Waals surface area (Å²) in [6.45, 7) is 0. The third kappa shape index (κ3) is 4.52. The van der Waals surface area contributed by atoms with Crippen LogP contribution < -0.4 is 5.73 Å². The Kier molecular flexibility index (Phi) is 8.24. The smallest absolute Gasteiger partial charge is 0.239 e. The van der Waals surface area contributed by atoms with Gasteiger partial charge in [-0.25, -0.2) is 0 Å². The number of nitrogens with two attached hydrogens (primary N) is 1. The van der Waals surface area contributed by atoms with E-state index in [2.05, 4.69) is 0 Å². The lowest BCUT2D eigenvalue weighted by molar-refractivity contribution is -0.133. The molecule has 1 rings (SSSR count). The molecule has 1 amide bonds. The van der Waals surface area contributed by atoms with E-state index >= 15 is 0 Å². The Morgan fingerprint density at radius 1 is 1.50 bits per heavy atom. The fourth-order valence-corrected chi connectivity index (χ4v) is 2.59. The summed E-state index contributed by atoms with van der Waals surface area (Å²) >= 11 is 1.74. The van der Waals surface area contributed by atoms with E-state index < -0.39 is 0 Å². The zero-order valence-electron chi connectivity index (χ0n) is 10.1. The first-order valence-electron chi connectivity index (χ1n) is 5.68. The largest absolute Gasteiger partial charge is 0.341 e. The first kappa shape index (κ1) is 16.1. The number of amides is 1. The van der Waals surface area contributed by atoms with Gasteiger partial charge >= 0.3 is 0 Å². The van der Waals surface area contributed by atoms with Crippen molar-refractivity contribution in [3.63, 3.8) is 0 Å². The van der Waals surface area contributed by atoms with Crippen molar-refractivity contribution in [2.45, 2.75) is 44.2 Å². The van der Waals surface area contributed by atoms with Crippen molar-refractivity contribution >= 4 is 30.1 Å². The highest BCUT2D eigenvalue weighted by atomic mass is 35.5. The van der Waals surface area contributed by atoms with Gasteiger partial charge in [0.1, 0.15) is 0 Å². The molecule has 0 aromatic heterocycles. The van der Waals surface area contributed by atoms with Crippen LogP contribution in [-0.2, 0) is 4.79 Å². The molecule has 1 aliphatic rings. The number of likely N-dealkylation sites (N-methyl/N-ethyl adjacent to an activating group) is 1. The van der Waals surface area contributed by atoms with Gasteiger partial charge in [-0.15, -0.1) is 12.4 Å². The molecule has 5 heteroatoms. The van der Waals surface area contributed by atoms with Crippen LogP contribution in [0.2, 0.25) is 0 Å². The third-order valence-corrected chi connectivity index (χ3v) is 3.81. The first-order chi connectivity index (χ1) is 7.16. The average molecular weight is 267 g/mol. The number of nitrogens with zero attached hydrogens (tertiary/aromatic N) is 1. The molecule has 0 aromatic carbocycles. The molecule has 3 nitrogen and oxygen atoms in total. The molecule has 0 unspecified atom stereocenters. The van der Waals surface area contributed by atoms with E-state index in [0.717, 1.165) is 25.0 Å². The van der Waals surface area contributed by atoms with Gasteiger partial charge in [0, 0.05) is 13.1 Å². The van der Waals surface area contributed by atoms with Crippen LogP contribution in [0.25, 0.3) is 0 Å². The van der Waals surface area contributed by atoms with E-state index in [0.29, 0.717) is 6.04 Å². The van der Waals surface area contributed by atoms with E-state index in [9.17, 15) is 4.79 Å². The van der Waals surface area contributed by atoms with Gasteiger partial charge in [-0.05, 0) is 31.3 Å². The first-order valence-corrected chi connectivity index (χ1v) is 7.07. The normalized spacial score (nSPS) is 17.9. The molecule has 0 heterocycles. The number of carbonyl (C=O) groups is 1. The van der Waals surface area contributed by atoms with E-state index in [4.69, 9.17) is 5.73 Å². The van der Waals surface area contributed by atoms with E-state index in [1.807, 2.05) is 18.2 Å². The van der Waals surface area contributed by atoms with Crippen molar-refractivity contribution in [3.05, 3.63) is 0 Å². The van der Waals surface area contributed by atoms with Crippen LogP contribution in [0.1, 0.15) is 32.1 Å². The fourth-order valence-electron chi connectivity index (χ4n) is 2.10.